The maximum absolute atomic E-state index is 5.44. The van der Waals surface area contributed by atoms with Gasteiger partial charge in [-0.05, 0) is 24.1 Å². The quantitative estimate of drug-likeness (QED) is 0.499. The molecular weight excluding hydrogens is 386 g/mol. The number of aromatic nitrogens is 6. The fraction of sp³-hybridized carbons (Fsp3) is 0.250. The van der Waals surface area contributed by atoms with Gasteiger partial charge in [0.1, 0.15) is 23.6 Å². The highest BCUT2D eigenvalue weighted by atomic mass is 32.2. The molecule has 0 bridgehead atoms. The van der Waals surface area contributed by atoms with Crippen LogP contribution in [0.3, 0.4) is 0 Å². The molecule has 0 radical (unpaired) electrons. The van der Waals surface area contributed by atoms with Gasteiger partial charge in [0, 0.05) is 24.4 Å². The lowest BCUT2D eigenvalue weighted by molar-refractivity contribution is 0.204. The van der Waals surface area contributed by atoms with Crippen LogP contribution in [0.2, 0.25) is 0 Å². The van der Waals surface area contributed by atoms with Crippen LogP contribution in [0.1, 0.15) is 18.2 Å². The minimum Gasteiger partial charge on any atom is -0.364 e. The number of ether oxygens (including phenoxy) is 1. The molecule has 0 amide bonds. The predicted octanol–water partition coefficient (Wildman–Crippen LogP) is 3.43. The fourth-order valence-corrected chi connectivity index (χ4v) is 4.50. The van der Waals surface area contributed by atoms with Crippen LogP contribution in [0.15, 0.2) is 53.2 Å². The molecule has 0 N–H and O–H groups in total. The number of rotatable bonds is 5. The zero-order valence-corrected chi connectivity index (χ0v) is 16.9. The Morgan fingerprint density at radius 2 is 1.97 bits per heavy atom. The van der Waals surface area contributed by atoms with Crippen LogP contribution >= 0.6 is 11.8 Å². The summed E-state index contributed by atoms with van der Waals surface area (Å²) in [4.78, 5) is 25.5. The Morgan fingerprint density at radius 3 is 2.83 bits per heavy atom. The molecule has 1 aromatic carbocycles. The summed E-state index contributed by atoms with van der Waals surface area (Å²) in [7, 11) is 1.68. The number of aryl methyl sites for hydroxylation is 1. The van der Waals surface area contributed by atoms with E-state index in [1.807, 2.05) is 6.33 Å². The van der Waals surface area contributed by atoms with Gasteiger partial charge in [0.05, 0.1) is 24.3 Å². The number of benzene rings is 1. The van der Waals surface area contributed by atoms with Gasteiger partial charge in [0.2, 0.25) is 0 Å². The summed E-state index contributed by atoms with van der Waals surface area (Å²) in [5, 5.41) is 0.884. The summed E-state index contributed by atoms with van der Waals surface area (Å²) in [6, 6.07) is 6.43. The van der Waals surface area contributed by atoms with Gasteiger partial charge in [0.25, 0.3) is 0 Å². The van der Waals surface area contributed by atoms with Crippen molar-refractivity contribution in [1.29, 1.82) is 0 Å². The standard InChI is InChI=1S/C20H19N7OS/c1-3-14-17-18(24-10-23-14)26(11-25-17)9-13-4-5-16-15(8-13)27(12-28-2)19-20(29-16)22-7-6-21-19/h4-8,10-11H,3,9,12H2,1-2H3. The van der Waals surface area contributed by atoms with Crippen LogP contribution in [0.5, 0.6) is 0 Å². The first kappa shape index (κ1) is 18.0. The molecule has 4 heterocycles. The minimum atomic E-state index is 0.407. The first-order chi connectivity index (χ1) is 14.3. The zero-order valence-electron chi connectivity index (χ0n) is 16.1. The summed E-state index contributed by atoms with van der Waals surface area (Å²) < 4.78 is 7.50. The lowest BCUT2D eigenvalue weighted by Gasteiger charge is -2.30. The predicted molar refractivity (Wildman–Crippen MR) is 110 cm³/mol. The van der Waals surface area contributed by atoms with Crippen molar-refractivity contribution in [2.75, 3.05) is 18.7 Å². The maximum atomic E-state index is 5.44. The third kappa shape index (κ3) is 3.12. The van der Waals surface area contributed by atoms with Gasteiger partial charge in [-0.1, -0.05) is 24.8 Å². The van der Waals surface area contributed by atoms with Crippen molar-refractivity contribution in [2.45, 2.75) is 29.8 Å². The van der Waals surface area contributed by atoms with Gasteiger partial charge in [-0.25, -0.2) is 24.9 Å². The molecule has 0 unspecified atom stereocenters. The van der Waals surface area contributed by atoms with Crippen molar-refractivity contribution >= 4 is 34.4 Å². The molecule has 5 rings (SSSR count). The molecule has 29 heavy (non-hydrogen) atoms. The van der Waals surface area contributed by atoms with E-state index in [1.165, 1.54) is 0 Å². The third-order valence-electron chi connectivity index (χ3n) is 4.85. The maximum Gasteiger partial charge on any atom is 0.168 e. The molecule has 3 aromatic heterocycles. The molecule has 0 saturated carbocycles. The van der Waals surface area contributed by atoms with Gasteiger partial charge in [-0.15, -0.1) is 0 Å². The highest BCUT2D eigenvalue weighted by Crippen LogP contribution is 2.46. The monoisotopic (exact) mass is 405 g/mol. The number of imidazole rings is 1. The van der Waals surface area contributed by atoms with E-state index in [9.17, 15) is 0 Å². The Hall–Kier alpha value is -3.04. The number of fused-ring (bicyclic) bond motifs is 3. The second-order valence-corrected chi connectivity index (χ2v) is 7.68. The van der Waals surface area contributed by atoms with Crippen LogP contribution in [-0.2, 0) is 17.7 Å². The van der Waals surface area contributed by atoms with Gasteiger partial charge >= 0.3 is 0 Å². The van der Waals surface area contributed by atoms with E-state index >= 15 is 0 Å². The Bertz CT molecular complexity index is 1190. The molecule has 4 aromatic rings. The first-order valence-electron chi connectivity index (χ1n) is 9.31. The highest BCUT2D eigenvalue weighted by Gasteiger charge is 2.25. The van der Waals surface area contributed by atoms with Crippen molar-refractivity contribution in [1.82, 2.24) is 29.5 Å². The zero-order chi connectivity index (χ0) is 19.8. The van der Waals surface area contributed by atoms with Crippen molar-refractivity contribution in [3.05, 3.63) is 54.5 Å². The van der Waals surface area contributed by atoms with E-state index in [-0.39, 0.29) is 0 Å². The number of anilines is 2. The number of hydrogen-bond acceptors (Lipinski definition) is 8. The van der Waals surface area contributed by atoms with E-state index in [4.69, 9.17) is 4.74 Å². The van der Waals surface area contributed by atoms with Gasteiger partial charge in [-0.2, -0.15) is 0 Å². The molecule has 9 heteroatoms. The molecule has 1 aliphatic heterocycles. The molecule has 0 saturated heterocycles. The molecule has 0 aliphatic carbocycles. The SMILES string of the molecule is CCc1ncnc2c1ncn2Cc1ccc2c(c1)N(COC)c1nccnc1S2. The Morgan fingerprint density at radius 1 is 1.07 bits per heavy atom. The Labute approximate surface area is 172 Å². The first-order valence-corrected chi connectivity index (χ1v) is 10.1. The lowest BCUT2D eigenvalue weighted by Crippen LogP contribution is -2.24. The average molecular weight is 405 g/mol. The normalized spacial score (nSPS) is 12.8. The number of nitrogens with zero attached hydrogens (tertiary/aromatic N) is 7. The molecule has 146 valence electrons. The second-order valence-electron chi connectivity index (χ2n) is 6.65. The van der Waals surface area contributed by atoms with Crippen LogP contribution < -0.4 is 4.90 Å². The largest absolute Gasteiger partial charge is 0.364 e. The van der Waals surface area contributed by atoms with Crippen molar-refractivity contribution in [3.8, 4) is 0 Å². The minimum absolute atomic E-state index is 0.407. The fourth-order valence-electron chi connectivity index (χ4n) is 3.51. The Balaban J connectivity index is 1.52. The van der Waals surface area contributed by atoms with E-state index in [0.29, 0.717) is 13.3 Å². The van der Waals surface area contributed by atoms with Crippen LogP contribution in [-0.4, -0.2) is 43.3 Å². The van der Waals surface area contributed by atoms with E-state index in [0.717, 1.165) is 50.3 Å². The summed E-state index contributed by atoms with van der Waals surface area (Å²) in [6.45, 7) is 3.15. The second kappa shape index (κ2) is 7.41. The topological polar surface area (TPSA) is 81.9 Å². The van der Waals surface area contributed by atoms with E-state index in [2.05, 4.69) is 59.5 Å². The van der Waals surface area contributed by atoms with Gasteiger partial charge in [-0.3, -0.25) is 4.90 Å². The summed E-state index contributed by atoms with van der Waals surface area (Å²) >= 11 is 1.63. The summed E-state index contributed by atoms with van der Waals surface area (Å²) in [5.74, 6) is 0.817. The van der Waals surface area contributed by atoms with Crippen LogP contribution in [0.4, 0.5) is 11.5 Å². The molecule has 1 aliphatic rings. The third-order valence-corrected chi connectivity index (χ3v) is 5.89. The van der Waals surface area contributed by atoms with Gasteiger partial charge in [0.15, 0.2) is 11.5 Å². The lowest BCUT2D eigenvalue weighted by atomic mass is 10.1. The Kier molecular flexibility index (Phi) is 4.61. The highest BCUT2D eigenvalue weighted by molar-refractivity contribution is 7.99. The van der Waals surface area contributed by atoms with E-state index in [1.54, 1.807) is 37.6 Å². The molecule has 0 fully saturated rings. The van der Waals surface area contributed by atoms with Crippen molar-refractivity contribution in [2.24, 2.45) is 0 Å². The van der Waals surface area contributed by atoms with Gasteiger partial charge < -0.3 is 9.30 Å². The summed E-state index contributed by atoms with van der Waals surface area (Å²) in [5.41, 5.74) is 4.91. The van der Waals surface area contributed by atoms with Crippen LogP contribution in [0, 0.1) is 0 Å². The molecule has 8 nitrogen and oxygen atoms in total. The molecule has 0 atom stereocenters. The number of hydrogen-bond donors (Lipinski definition) is 0. The molecular formula is C20H19N7OS. The average Bonchev–Trinajstić information content (AvgIpc) is 3.17. The van der Waals surface area contributed by atoms with E-state index < -0.39 is 0 Å². The molecule has 0 spiro atoms. The van der Waals surface area contributed by atoms with Crippen LogP contribution in [0.25, 0.3) is 11.2 Å². The van der Waals surface area contributed by atoms with Crippen molar-refractivity contribution in [3.63, 3.8) is 0 Å². The van der Waals surface area contributed by atoms with Crippen molar-refractivity contribution < 1.29 is 4.74 Å². The number of methoxy groups -OCH3 is 1. The summed E-state index contributed by atoms with van der Waals surface area (Å²) in [6.07, 6.45) is 7.70. The smallest absolute Gasteiger partial charge is 0.168 e.